The number of ketones is 1. The molecule has 18 heavy (non-hydrogen) atoms. The van der Waals surface area contributed by atoms with Crippen molar-refractivity contribution in [3.05, 3.63) is 69.0 Å². The van der Waals surface area contributed by atoms with Crippen LogP contribution in [0.1, 0.15) is 21.5 Å². The molecular formula is C14H9Cl2FO. The fourth-order valence-electron chi connectivity index (χ4n) is 1.67. The van der Waals surface area contributed by atoms with Gasteiger partial charge in [-0.25, -0.2) is 4.39 Å². The first-order valence-corrected chi connectivity index (χ1v) is 6.00. The summed E-state index contributed by atoms with van der Waals surface area (Å²) in [4.78, 5) is 12.2. The molecule has 0 unspecified atom stereocenters. The van der Waals surface area contributed by atoms with Crippen LogP contribution in [0.2, 0.25) is 10.0 Å². The molecule has 0 aliphatic rings. The summed E-state index contributed by atoms with van der Waals surface area (Å²) in [5.41, 5.74) is 1.65. The standard InChI is InChI=1S/C14H9Cl2FO/c1-8-6-10(15)3-4-11(8)14(18)9-2-5-13(17)12(16)7-9/h2-7H,1H3. The lowest BCUT2D eigenvalue weighted by Gasteiger charge is -2.06. The number of aryl methyl sites for hydroxylation is 1. The van der Waals surface area contributed by atoms with E-state index in [1.165, 1.54) is 18.2 Å². The molecule has 4 heteroatoms. The largest absolute Gasteiger partial charge is 0.289 e. The minimum Gasteiger partial charge on any atom is -0.289 e. The Morgan fingerprint density at radius 2 is 1.83 bits per heavy atom. The molecule has 2 rings (SSSR count). The molecule has 0 saturated heterocycles. The average Bonchev–Trinajstić information content (AvgIpc) is 2.32. The van der Waals surface area contributed by atoms with Crippen LogP contribution in [0.3, 0.4) is 0 Å². The fourth-order valence-corrected chi connectivity index (χ4v) is 2.08. The first-order valence-electron chi connectivity index (χ1n) is 5.25. The van der Waals surface area contributed by atoms with Crippen LogP contribution in [0.4, 0.5) is 4.39 Å². The van der Waals surface area contributed by atoms with E-state index in [-0.39, 0.29) is 10.8 Å². The second kappa shape index (κ2) is 5.09. The molecule has 0 aromatic heterocycles. The summed E-state index contributed by atoms with van der Waals surface area (Å²) in [5, 5.41) is 0.508. The van der Waals surface area contributed by atoms with Gasteiger partial charge in [0, 0.05) is 16.1 Å². The van der Waals surface area contributed by atoms with Crippen LogP contribution in [-0.4, -0.2) is 5.78 Å². The van der Waals surface area contributed by atoms with Crippen molar-refractivity contribution < 1.29 is 9.18 Å². The topological polar surface area (TPSA) is 17.1 Å². The third kappa shape index (κ3) is 2.55. The Labute approximate surface area is 114 Å². The molecule has 0 aliphatic heterocycles. The summed E-state index contributed by atoms with van der Waals surface area (Å²) in [5.74, 6) is -0.743. The molecule has 92 valence electrons. The third-order valence-corrected chi connectivity index (χ3v) is 3.14. The van der Waals surface area contributed by atoms with Gasteiger partial charge >= 0.3 is 0 Å². The normalized spacial score (nSPS) is 10.4. The highest BCUT2D eigenvalue weighted by Gasteiger charge is 2.13. The SMILES string of the molecule is Cc1cc(Cl)ccc1C(=O)c1ccc(F)c(Cl)c1. The first-order chi connectivity index (χ1) is 8.49. The Morgan fingerprint density at radius 3 is 2.44 bits per heavy atom. The van der Waals surface area contributed by atoms with Crippen molar-refractivity contribution in [2.75, 3.05) is 0 Å². The Hall–Kier alpha value is -1.38. The summed E-state index contributed by atoms with van der Waals surface area (Å²) in [6, 6.07) is 8.93. The van der Waals surface area contributed by atoms with E-state index in [1.54, 1.807) is 25.1 Å². The van der Waals surface area contributed by atoms with Gasteiger partial charge in [0.15, 0.2) is 5.78 Å². The van der Waals surface area contributed by atoms with E-state index in [2.05, 4.69) is 0 Å². The van der Waals surface area contributed by atoms with E-state index >= 15 is 0 Å². The highest BCUT2D eigenvalue weighted by molar-refractivity contribution is 6.31. The van der Waals surface area contributed by atoms with Crippen LogP contribution in [0.5, 0.6) is 0 Å². The lowest BCUT2D eigenvalue weighted by Crippen LogP contribution is -2.03. The van der Waals surface area contributed by atoms with E-state index in [4.69, 9.17) is 23.2 Å². The van der Waals surface area contributed by atoms with Crippen molar-refractivity contribution in [1.29, 1.82) is 0 Å². The number of hydrogen-bond acceptors (Lipinski definition) is 1. The van der Waals surface area contributed by atoms with Crippen LogP contribution in [0.15, 0.2) is 36.4 Å². The van der Waals surface area contributed by atoms with Gasteiger partial charge in [-0.15, -0.1) is 0 Å². The molecule has 0 radical (unpaired) electrons. The maximum Gasteiger partial charge on any atom is 0.193 e. The van der Waals surface area contributed by atoms with E-state index in [9.17, 15) is 9.18 Å². The molecular weight excluding hydrogens is 274 g/mol. The van der Waals surface area contributed by atoms with Crippen molar-refractivity contribution in [1.82, 2.24) is 0 Å². The zero-order valence-electron chi connectivity index (χ0n) is 9.51. The number of hydrogen-bond donors (Lipinski definition) is 0. The van der Waals surface area contributed by atoms with Crippen molar-refractivity contribution in [3.63, 3.8) is 0 Å². The molecule has 0 aliphatic carbocycles. The van der Waals surface area contributed by atoms with Gasteiger partial charge < -0.3 is 0 Å². The smallest absolute Gasteiger partial charge is 0.193 e. The number of rotatable bonds is 2. The number of benzene rings is 2. The Morgan fingerprint density at radius 1 is 1.11 bits per heavy atom. The predicted octanol–water partition coefficient (Wildman–Crippen LogP) is 4.67. The van der Waals surface area contributed by atoms with Gasteiger partial charge in [0.25, 0.3) is 0 Å². The van der Waals surface area contributed by atoms with Crippen molar-refractivity contribution in [2.45, 2.75) is 6.92 Å². The molecule has 2 aromatic rings. The molecule has 0 saturated carbocycles. The fraction of sp³-hybridized carbons (Fsp3) is 0.0714. The number of carbonyl (C=O) groups excluding carboxylic acids is 1. The van der Waals surface area contributed by atoms with Crippen LogP contribution in [-0.2, 0) is 0 Å². The third-order valence-electron chi connectivity index (χ3n) is 2.61. The molecule has 0 fully saturated rings. The summed E-state index contributed by atoms with van der Waals surface area (Å²) in [6.45, 7) is 1.80. The minimum atomic E-state index is -0.541. The highest BCUT2D eigenvalue weighted by atomic mass is 35.5. The van der Waals surface area contributed by atoms with Crippen LogP contribution in [0, 0.1) is 12.7 Å². The Bertz CT molecular complexity index is 623. The Balaban J connectivity index is 2.44. The molecule has 0 N–H and O–H groups in total. The zero-order valence-corrected chi connectivity index (χ0v) is 11.0. The lowest BCUT2D eigenvalue weighted by molar-refractivity contribution is 0.103. The maximum atomic E-state index is 13.0. The first kappa shape index (κ1) is 13.1. The van der Waals surface area contributed by atoms with E-state index in [1.807, 2.05) is 0 Å². The van der Waals surface area contributed by atoms with Crippen LogP contribution < -0.4 is 0 Å². The van der Waals surface area contributed by atoms with Crippen LogP contribution >= 0.6 is 23.2 Å². The number of carbonyl (C=O) groups is 1. The molecule has 1 nitrogen and oxygen atoms in total. The van der Waals surface area contributed by atoms with E-state index in [0.717, 1.165) is 5.56 Å². The molecule has 0 atom stereocenters. The quantitative estimate of drug-likeness (QED) is 0.732. The lowest BCUT2D eigenvalue weighted by atomic mass is 9.99. The van der Waals surface area contributed by atoms with Crippen LogP contribution in [0.25, 0.3) is 0 Å². The maximum absolute atomic E-state index is 13.0. The van der Waals surface area contributed by atoms with Gasteiger partial charge in [-0.1, -0.05) is 23.2 Å². The van der Waals surface area contributed by atoms with Crippen molar-refractivity contribution in [3.8, 4) is 0 Å². The van der Waals surface area contributed by atoms with Gasteiger partial charge in [-0.3, -0.25) is 4.79 Å². The average molecular weight is 283 g/mol. The molecule has 2 aromatic carbocycles. The van der Waals surface area contributed by atoms with Crippen molar-refractivity contribution >= 4 is 29.0 Å². The number of halogens is 3. The second-order valence-electron chi connectivity index (χ2n) is 3.92. The van der Waals surface area contributed by atoms with E-state index < -0.39 is 5.82 Å². The van der Waals surface area contributed by atoms with Crippen molar-refractivity contribution in [2.24, 2.45) is 0 Å². The molecule has 0 amide bonds. The summed E-state index contributed by atoms with van der Waals surface area (Å²) in [7, 11) is 0. The van der Waals surface area contributed by atoms with Gasteiger partial charge in [0.05, 0.1) is 5.02 Å². The van der Waals surface area contributed by atoms with Gasteiger partial charge in [0.1, 0.15) is 5.82 Å². The summed E-state index contributed by atoms with van der Waals surface area (Å²) < 4.78 is 13.0. The van der Waals surface area contributed by atoms with E-state index in [0.29, 0.717) is 16.1 Å². The van der Waals surface area contributed by atoms with Gasteiger partial charge in [-0.05, 0) is 48.9 Å². The molecule has 0 bridgehead atoms. The summed E-state index contributed by atoms with van der Waals surface area (Å²) >= 11 is 11.5. The molecule has 0 spiro atoms. The second-order valence-corrected chi connectivity index (χ2v) is 4.76. The van der Waals surface area contributed by atoms with Gasteiger partial charge in [0.2, 0.25) is 0 Å². The summed E-state index contributed by atoms with van der Waals surface area (Å²) in [6.07, 6.45) is 0. The minimum absolute atomic E-state index is 0.0625. The zero-order chi connectivity index (χ0) is 13.3. The molecule has 0 heterocycles. The highest BCUT2D eigenvalue weighted by Crippen LogP contribution is 2.21. The Kier molecular flexibility index (Phi) is 3.69. The predicted molar refractivity (Wildman–Crippen MR) is 71.0 cm³/mol. The van der Waals surface area contributed by atoms with Gasteiger partial charge in [-0.2, -0.15) is 0 Å². The monoisotopic (exact) mass is 282 g/mol.